The first-order chi connectivity index (χ1) is 6.70. The zero-order valence-electron chi connectivity index (χ0n) is 8.09. The summed E-state index contributed by atoms with van der Waals surface area (Å²) in [6, 6.07) is 1.66. The largest absolute Gasteiger partial charge is 0.351 e. The topological polar surface area (TPSA) is 57.8 Å². The van der Waals surface area contributed by atoms with Crippen molar-refractivity contribution >= 4 is 21.8 Å². The van der Waals surface area contributed by atoms with Crippen molar-refractivity contribution in [3.8, 4) is 0 Å². The minimum atomic E-state index is -0.0928. The molecular formula is C9H14BrN3O. The van der Waals surface area contributed by atoms with Gasteiger partial charge in [0.1, 0.15) is 5.69 Å². The highest BCUT2D eigenvalue weighted by Crippen LogP contribution is 2.05. The lowest BCUT2D eigenvalue weighted by Gasteiger charge is -2.04. The van der Waals surface area contributed by atoms with Crippen LogP contribution in [-0.2, 0) is 0 Å². The Morgan fingerprint density at radius 1 is 1.79 bits per heavy atom. The van der Waals surface area contributed by atoms with Crippen LogP contribution in [0.15, 0.2) is 12.3 Å². The van der Waals surface area contributed by atoms with Crippen LogP contribution in [0.3, 0.4) is 0 Å². The third kappa shape index (κ3) is 3.91. The molecule has 1 unspecified atom stereocenters. The Morgan fingerprint density at radius 2 is 2.57 bits per heavy atom. The van der Waals surface area contributed by atoms with Crippen LogP contribution < -0.4 is 5.32 Å². The fraction of sp³-hybridized carbons (Fsp3) is 0.556. The lowest BCUT2D eigenvalue weighted by molar-refractivity contribution is 0.0948. The van der Waals surface area contributed by atoms with E-state index in [2.05, 4.69) is 38.4 Å². The molecule has 0 aliphatic carbocycles. The zero-order valence-corrected chi connectivity index (χ0v) is 9.67. The quantitative estimate of drug-likeness (QED) is 0.625. The Balaban J connectivity index is 2.16. The van der Waals surface area contributed by atoms with Gasteiger partial charge in [0, 0.05) is 17.6 Å². The molecule has 0 radical (unpaired) electrons. The molecule has 0 saturated carbocycles. The molecule has 1 aromatic rings. The Kier molecular flexibility index (Phi) is 4.65. The van der Waals surface area contributed by atoms with Gasteiger partial charge in [-0.15, -0.1) is 0 Å². The first kappa shape index (κ1) is 11.2. The van der Waals surface area contributed by atoms with Crippen LogP contribution >= 0.6 is 15.9 Å². The maximum Gasteiger partial charge on any atom is 0.269 e. The second kappa shape index (κ2) is 5.80. The number of alkyl halides is 1. The summed E-state index contributed by atoms with van der Waals surface area (Å²) < 4.78 is 0. The summed E-state index contributed by atoms with van der Waals surface area (Å²) in [5, 5.41) is 9.13. The molecule has 1 heterocycles. The number of nitrogens with one attached hydrogen (secondary N) is 2. The van der Waals surface area contributed by atoms with Gasteiger partial charge in [-0.2, -0.15) is 5.10 Å². The van der Waals surface area contributed by atoms with Crippen LogP contribution in [0.4, 0.5) is 0 Å². The summed E-state index contributed by atoms with van der Waals surface area (Å²) in [7, 11) is 0. The van der Waals surface area contributed by atoms with Crippen molar-refractivity contribution in [3.05, 3.63) is 18.0 Å². The number of nitrogens with zero attached hydrogens (tertiary/aromatic N) is 1. The Morgan fingerprint density at radius 3 is 3.14 bits per heavy atom. The first-order valence-corrected chi connectivity index (χ1v) is 5.53. The number of carbonyl (C=O) groups excluding carboxylic acids is 1. The van der Waals surface area contributed by atoms with E-state index in [1.807, 2.05) is 0 Å². The number of rotatable bonds is 5. The highest BCUT2D eigenvalue weighted by molar-refractivity contribution is 9.09. The highest BCUT2D eigenvalue weighted by Gasteiger charge is 2.05. The van der Waals surface area contributed by atoms with Crippen LogP contribution in [0.1, 0.15) is 30.3 Å². The number of carbonyl (C=O) groups is 1. The lowest BCUT2D eigenvalue weighted by Crippen LogP contribution is -2.25. The van der Waals surface area contributed by atoms with E-state index in [9.17, 15) is 4.79 Å². The minimum Gasteiger partial charge on any atom is -0.351 e. The van der Waals surface area contributed by atoms with E-state index in [0.29, 0.717) is 17.1 Å². The Hall–Kier alpha value is -0.840. The molecule has 0 aliphatic heterocycles. The van der Waals surface area contributed by atoms with E-state index in [4.69, 9.17) is 0 Å². The highest BCUT2D eigenvalue weighted by atomic mass is 79.9. The van der Waals surface area contributed by atoms with E-state index in [1.54, 1.807) is 12.3 Å². The summed E-state index contributed by atoms with van der Waals surface area (Å²) in [4.78, 5) is 11.9. The van der Waals surface area contributed by atoms with Gasteiger partial charge in [-0.1, -0.05) is 22.9 Å². The molecule has 1 atom stereocenters. The van der Waals surface area contributed by atoms with Crippen LogP contribution in [0.25, 0.3) is 0 Å². The van der Waals surface area contributed by atoms with Gasteiger partial charge in [0.25, 0.3) is 5.91 Å². The maximum atomic E-state index is 11.4. The SMILES string of the molecule is CC(Br)CCCNC(=O)c1ccn[nH]1. The van der Waals surface area contributed by atoms with E-state index in [1.165, 1.54) is 0 Å². The predicted molar refractivity (Wildman–Crippen MR) is 58.5 cm³/mol. The number of aromatic nitrogens is 2. The molecule has 1 rings (SSSR count). The molecule has 14 heavy (non-hydrogen) atoms. The van der Waals surface area contributed by atoms with Gasteiger partial charge in [-0.3, -0.25) is 9.89 Å². The summed E-state index contributed by atoms with van der Waals surface area (Å²) in [5.74, 6) is -0.0928. The van der Waals surface area contributed by atoms with Crippen LogP contribution in [0.2, 0.25) is 0 Å². The minimum absolute atomic E-state index is 0.0928. The maximum absolute atomic E-state index is 11.4. The van der Waals surface area contributed by atoms with Gasteiger partial charge in [0.15, 0.2) is 0 Å². The molecule has 0 bridgehead atoms. The van der Waals surface area contributed by atoms with E-state index in [-0.39, 0.29) is 5.91 Å². The number of hydrogen-bond acceptors (Lipinski definition) is 2. The fourth-order valence-electron chi connectivity index (χ4n) is 1.06. The summed E-state index contributed by atoms with van der Waals surface area (Å²) in [6.45, 7) is 2.80. The zero-order chi connectivity index (χ0) is 10.4. The second-order valence-electron chi connectivity index (χ2n) is 3.15. The van der Waals surface area contributed by atoms with Crippen molar-refractivity contribution in [2.75, 3.05) is 6.54 Å². The molecule has 2 N–H and O–H groups in total. The third-order valence-electron chi connectivity index (χ3n) is 1.81. The second-order valence-corrected chi connectivity index (χ2v) is 4.71. The van der Waals surface area contributed by atoms with Gasteiger partial charge >= 0.3 is 0 Å². The smallest absolute Gasteiger partial charge is 0.269 e. The molecule has 1 aromatic heterocycles. The molecule has 0 spiro atoms. The number of halogens is 1. The Bertz CT molecular complexity index is 272. The summed E-state index contributed by atoms with van der Waals surface area (Å²) in [6.07, 6.45) is 3.60. The normalized spacial score (nSPS) is 12.4. The van der Waals surface area contributed by atoms with Crippen molar-refractivity contribution < 1.29 is 4.79 Å². The van der Waals surface area contributed by atoms with Crippen molar-refractivity contribution in [2.45, 2.75) is 24.6 Å². The molecule has 0 aromatic carbocycles. The number of H-pyrrole nitrogens is 1. The van der Waals surface area contributed by atoms with Crippen molar-refractivity contribution in [3.63, 3.8) is 0 Å². The van der Waals surface area contributed by atoms with Gasteiger partial charge in [-0.25, -0.2) is 0 Å². The van der Waals surface area contributed by atoms with Crippen LogP contribution in [-0.4, -0.2) is 27.5 Å². The van der Waals surface area contributed by atoms with Gasteiger partial charge < -0.3 is 5.32 Å². The molecule has 5 heteroatoms. The monoisotopic (exact) mass is 259 g/mol. The average Bonchev–Trinajstić information content (AvgIpc) is 2.64. The van der Waals surface area contributed by atoms with E-state index < -0.39 is 0 Å². The molecule has 1 amide bonds. The Labute approximate surface area is 91.6 Å². The van der Waals surface area contributed by atoms with Crippen LogP contribution in [0.5, 0.6) is 0 Å². The summed E-state index contributed by atoms with van der Waals surface area (Å²) in [5.41, 5.74) is 0.511. The average molecular weight is 260 g/mol. The lowest BCUT2D eigenvalue weighted by atomic mass is 10.2. The third-order valence-corrected chi connectivity index (χ3v) is 2.27. The predicted octanol–water partition coefficient (Wildman–Crippen LogP) is 1.70. The van der Waals surface area contributed by atoms with Gasteiger partial charge in [0.2, 0.25) is 0 Å². The van der Waals surface area contributed by atoms with E-state index >= 15 is 0 Å². The van der Waals surface area contributed by atoms with Crippen molar-refractivity contribution in [1.82, 2.24) is 15.5 Å². The van der Waals surface area contributed by atoms with Gasteiger partial charge in [0.05, 0.1) is 0 Å². The fourth-order valence-corrected chi connectivity index (χ4v) is 1.39. The van der Waals surface area contributed by atoms with Gasteiger partial charge in [-0.05, 0) is 18.9 Å². The number of aromatic amines is 1. The molecule has 0 saturated heterocycles. The first-order valence-electron chi connectivity index (χ1n) is 4.62. The molecular weight excluding hydrogens is 246 g/mol. The van der Waals surface area contributed by atoms with Crippen molar-refractivity contribution in [1.29, 1.82) is 0 Å². The molecule has 0 aliphatic rings. The summed E-state index contributed by atoms with van der Waals surface area (Å²) >= 11 is 3.45. The van der Waals surface area contributed by atoms with Crippen LogP contribution in [0, 0.1) is 0 Å². The molecule has 78 valence electrons. The standard InChI is InChI=1S/C9H14BrN3O/c1-7(10)3-2-5-11-9(14)8-4-6-12-13-8/h4,6-7H,2-3,5H2,1H3,(H,11,14)(H,12,13). The van der Waals surface area contributed by atoms with E-state index in [0.717, 1.165) is 12.8 Å². The van der Waals surface area contributed by atoms with Crippen molar-refractivity contribution in [2.24, 2.45) is 0 Å². The number of amides is 1. The molecule has 4 nitrogen and oxygen atoms in total. The molecule has 0 fully saturated rings. The number of hydrogen-bond donors (Lipinski definition) is 2.